The molecule has 0 saturated heterocycles. The van der Waals surface area contributed by atoms with Crippen LogP contribution in [0.2, 0.25) is 0 Å². The van der Waals surface area contributed by atoms with Crippen LogP contribution in [-0.4, -0.2) is 39.4 Å². The van der Waals surface area contributed by atoms with Crippen molar-refractivity contribution < 1.29 is 19.0 Å². The molecule has 5 heteroatoms. The van der Waals surface area contributed by atoms with E-state index in [9.17, 15) is 4.79 Å². The van der Waals surface area contributed by atoms with E-state index in [-0.39, 0.29) is 5.78 Å². The largest absolute Gasteiger partial charge is 0.497 e. The average molecular weight is 510 g/mol. The highest BCUT2D eigenvalue weighted by molar-refractivity contribution is 6.08. The van der Waals surface area contributed by atoms with Crippen LogP contribution in [0.3, 0.4) is 0 Å². The van der Waals surface area contributed by atoms with Crippen molar-refractivity contribution >= 4 is 23.1 Å². The molecule has 0 aromatic heterocycles. The zero-order valence-corrected chi connectivity index (χ0v) is 22.3. The van der Waals surface area contributed by atoms with Crippen LogP contribution in [0, 0.1) is 0 Å². The van der Waals surface area contributed by atoms with Crippen molar-refractivity contribution in [1.29, 1.82) is 0 Å². The zero-order valence-electron chi connectivity index (χ0n) is 22.3. The molecule has 2 aliphatic heterocycles. The fourth-order valence-electron chi connectivity index (χ4n) is 5.42. The lowest BCUT2D eigenvalue weighted by atomic mass is 9.78. The summed E-state index contributed by atoms with van der Waals surface area (Å²) in [5.41, 5.74) is 7.39. The molecule has 3 aromatic carbocycles. The highest BCUT2D eigenvalue weighted by Gasteiger charge is 2.26. The number of hydrogen-bond acceptors (Lipinski definition) is 5. The topological polar surface area (TPSA) is 57.1 Å². The molecule has 3 aliphatic rings. The number of carbonyl (C=O) groups is 1. The van der Waals surface area contributed by atoms with Gasteiger partial charge in [-0.25, -0.2) is 0 Å². The van der Waals surface area contributed by atoms with E-state index < -0.39 is 0 Å². The maximum Gasteiger partial charge on any atom is 0.163 e. The smallest absolute Gasteiger partial charge is 0.163 e. The number of allylic oxidation sites excluding steroid dienone is 1. The Labute approximate surface area is 225 Å². The third-order valence-corrected chi connectivity index (χ3v) is 7.40. The van der Waals surface area contributed by atoms with Crippen molar-refractivity contribution in [2.24, 2.45) is 4.99 Å². The van der Waals surface area contributed by atoms with E-state index in [4.69, 9.17) is 14.2 Å². The van der Waals surface area contributed by atoms with Gasteiger partial charge in [0, 0.05) is 24.7 Å². The summed E-state index contributed by atoms with van der Waals surface area (Å²) in [6, 6.07) is 20.3. The molecule has 6 rings (SSSR count). The fourth-order valence-corrected chi connectivity index (χ4v) is 5.42. The van der Waals surface area contributed by atoms with Crippen LogP contribution < -0.4 is 14.2 Å². The van der Waals surface area contributed by atoms with Crippen LogP contribution in [0.5, 0.6) is 17.2 Å². The maximum atomic E-state index is 13.7. The first kappa shape index (κ1) is 25.8. The molecule has 0 N–H and O–H groups in total. The molecule has 0 unspecified atom stereocenters. The van der Waals surface area contributed by atoms with Gasteiger partial charge in [0.05, 0.1) is 14.2 Å². The molecule has 0 atom stereocenters. The molecular weight excluding hydrogens is 474 g/mol. The maximum absolute atomic E-state index is 13.7. The third-order valence-electron chi connectivity index (χ3n) is 7.40. The predicted molar refractivity (Wildman–Crippen MR) is 153 cm³/mol. The van der Waals surface area contributed by atoms with Crippen LogP contribution >= 0.6 is 0 Å². The Bertz CT molecular complexity index is 1370. The minimum absolute atomic E-state index is 0.177. The summed E-state index contributed by atoms with van der Waals surface area (Å²) in [6.07, 6.45) is 8.15. The highest BCUT2D eigenvalue weighted by Crippen LogP contribution is 2.44. The molecule has 1 aliphatic carbocycles. The number of methoxy groups -OCH3 is 2. The summed E-state index contributed by atoms with van der Waals surface area (Å²) in [5, 5.41) is 0. The van der Waals surface area contributed by atoms with Crippen LogP contribution in [0.4, 0.5) is 0 Å². The summed E-state index contributed by atoms with van der Waals surface area (Å²) in [5.74, 6) is 2.56. The van der Waals surface area contributed by atoms with Crippen LogP contribution in [0.1, 0.15) is 71.1 Å². The van der Waals surface area contributed by atoms with Gasteiger partial charge in [0.25, 0.3) is 0 Å². The molecule has 5 nitrogen and oxygen atoms in total. The van der Waals surface area contributed by atoms with Gasteiger partial charge < -0.3 is 14.2 Å². The van der Waals surface area contributed by atoms with Gasteiger partial charge >= 0.3 is 0 Å². The van der Waals surface area contributed by atoms with Crippen molar-refractivity contribution in [3.63, 3.8) is 0 Å². The number of carbonyl (C=O) groups excluding carboxylic acids is 1. The second-order valence-electron chi connectivity index (χ2n) is 9.80. The van der Waals surface area contributed by atoms with Gasteiger partial charge in [-0.2, -0.15) is 0 Å². The summed E-state index contributed by atoms with van der Waals surface area (Å²) in [7, 11) is 3.38. The third kappa shape index (κ3) is 5.67. The van der Waals surface area contributed by atoms with Crippen molar-refractivity contribution in [1.82, 2.24) is 0 Å². The number of benzene rings is 3. The lowest BCUT2D eigenvalue weighted by Gasteiger charge is -2.27. The monoisotopic (exact) mass is 509 g/mol. The van der Waals surface area contributed by atoms with Gasteiger partial charge in [-0.15, -0.1) is 0 Å². The Morgan fingerprint density at radius 2 is 1.58 bits per heavy atom. The SMILES string of the molecule is COc1cccc(C2=C(c3cc4ccc3C(=O)CCCCCCN=CCO4)c3ccc(OC)cc3CC2)c1. The number of ether oxygens (including phenoxy) is 3. The Morgan fingerprint density at radius 1 is 0.763 bits per heavy atom. The predicted octanol–water partition coefficient (Wildman–Crippen LogP) is 7.21. The van der Waals surface area contributed by atoms with Gasteiger partial charge in [-0.1, -0.05) is 31.0 Å². The summed E-state index contributed by atoms with van der Waals surface area (Å²) < 4.78 is 17.2. The Kier molecular flexibility index (Phi) is 8.22. The molecule has 38 heavy (non-hydrogen) atoms. The number of Topliss-reactive ketones (excluding diaryl/α,β-unsaturated/α-hetero) is 1. The normalized spacial score (nSPS) is 16.3. The molecule has 2 heterocycles. The van der Waals surface area contributed by atoms with E-state index in [1.807, 2.05) is 42.6 Å². The number of hydrogen-bond donors (Lipinski definition) is 0. The number of ketones is 1. The Morgan fingerprint density at radius 3 is 2.45 bits per heavy atom. The minimum atomic E-state index is 0.177. The second kappa shape index (κ2) is 12.1. The molecule has 0 fully saturated rings. The van der Waals surface area contributed by atoms with Crippen LogP contribution in [-0.2, 0) is 6.42 Å². The first-order valence-electron chi connectivity index (χ1n) is 13.5. The number of rotatable bonds is 4. The minimum Gasteiger partial charge on any atom is -0.497 e. The first-order valence-corrected chi connectivity index (χ1v) is 13.5. The fraction of sp³-hybridized carbons (Fsp3) is 0.333. The van der Waals surface area contributed by atoms with Gasteiger partial charge in [0.1, 0.15) is 23.9 Å². The van der Waals surface area contributed by atoms with Crippen molar-refractivity contribution in [2.45, 2.75) is 44.9 Å². The van der Waals surface area contributed by atoms with E-state index in [1.54, 1.807) is 14.2 Å². The molecule has 0 radical (unpaired) electrons. The van der Waals surface area contributed by atoms with E-state index in [2.05, 4.69) is 29.3 Å². The van der Waals surface area contributed by atoms with E-state index in [0.29, 0.717) is 13.0 Å². The van der Waals surface area contributed by atoms with Gasteiger partial charge in [0.15, 0.2) is 5.78 Å². The number of aryl methyl sites for hydroxylation is 1. The van der Waals surface area contributed by atoms with Gasteiger partial charge in [-0.3, -0.25) is 9.79 Å². The number of aliphatic imine (C=N–C) groups is 1. The van der Waals surface area contributed by atoms with E-state index >= 15 is 0 Å². The van der Waals surface area contributed by atoms with Gasteiger partial charge in [0.2, 0.25) is 0 Å². The number of nitrogens with zero attached hydrogens (tertiary/aromatic N) is 1. The molecule has 196 valence electrons. The Hall–Kier alpha value is -3.86. The van der Waals surface area contributed by atoms with Crippen molar-refractivity contribution in [2.75, 3.05) is 27.4 Å². The van der Waals surface area contributed by atoms with Crippen LogP contribution in [0.15, 0.2) is 65.7 Å². The molecule has 3 aromatic rings. The van der Waals surface area contributed by atoms with Crippen molar-refractivity contribution in [3.05, 3.63) is 88.5 Å². The number of fused-ring (bicyclic) bond motifs is 12. The molecule has 2 bridgehead atoms. The van der Waals surface area contributed by atoms with Gasteiger partial charge in [-0.05, 0) is 102 Å². The lowest BCUT2D eigenvalue weighted by Crippen LogP contribution is -2.11. The Balaban J connectivity index is 1.72. The van der Waals surface area contributed by atoms with E-state index in [0.717, 1.165) is 90.1 Å². The summed E-state index contributed by atoms with van der Waals surface area (Å²) in [4.78, 5) is 18.1. The second-order valence-corrected chi connectivity index (χ2v) is 9.80. The lowest BCUT2D eigenvalue weighted by molar-refractivity contribution is 0.0979. The molecule has 0 saturated carbocycles. The standard InChI is InChI=1S/C33H35NO4/c1-36-25-9-7-8-23(20-25)28-14-11-24-21-26(37-2)12-15-29(24)33(28)31-22-27-13-16-30(31)32(35)10-5-3-4-6-17-34-18-19-38-27/h7-9,12-13,15-16,18,20-22H,3-6,10-11,14,17,19H2,1-2H3. The molecule has 0 amide bonds. The summed E-state index contributed by atoms with van der Waals surface area (Å²) >= 11 is 0. The van der Waals surface area contributed by atoms with Crippen LogP contribution in [0.25, 0.3) is 11.1 Å². The highest BCUT2D eigenvalue weighted by atomic mass is 16.5. The first-order chi connectivity index (χ1) is 18.7. The van der Waals surface area contributed by atoms with Crippen molar-refractivity contribution in [3.8, 4) is 17.2 Å². The average Bonchev–Trinajstić information content (AvgIpc) is 2.97. The zero-order chi connectivity index (χ0) is 26.3. The summed E-state index contributed by atoms with van der Waals surface area (Å²) in [6.45, 7) is 1.21. The molecule has 0 spiro atoms. The molecular formula is C33H35NO4. The van der Waals surface area contributed by atoms with E-state index in [1.165, 1.54) is 11.1 Å². The quantitative estimate of drug-likeness (QED) is 0.373.